The smallest absolute Gasteiger partial charge is 0.414 e. The van der Waals surface area contributed by atoms with Crippen LogP contribution in [0.2, 0.25) is 0 Å². The van der Waals surface area contributed by atoms with Crippen LogP contribution < -0.4 is 41.8 Å². The molecule has 60 heavy (non-hydrogen) atoms. The molecule has 0 saturated heterocycles. The molecule has 4 aromatic carbocycles. The lowest BCUT2D eigenvalue weighted by atomic mass is 10.00. The zero-order valence-corrected chi connectivity index (χ0v) is 36.7. The van der Waals surface area contributed by atoms with E-state index in [1.165, 1.54) is 61.6 Å². The minimum Gasteiger partial charge on any atom is -0.414 e. The molecule has 0 aliphatic rings. The van der Waals surface area contributed by atoms with E-state index in [1.807, 2.05) is 30.7 Å². The van der Waals surface area contributed by atoms with Gasteiger partial charge in [-0.25, -0.2) is 9.56 Å². The molecule has 4 aromatic rings. The monoisotopic (exact) mass is 877 g/mol. The molecule has 4 rings (SSSR count). The molecule has 0 heterocycles. The summed E-state index contributed by atoms with van der Waals surface area (Å²) in [6.07, 6.45) is 2.47. The number of amides is 4. The van der Waals surface area contributed by atoms with Gasteiger partial charge >= 0.3 is 7.60 Å². The zero-order valence-electron chi connectivity index (χ0n) is 34.2. The first-order chi connectivity index (χ1) is 28.5. The predicted molar refractivity (Wildman–Crippen MR) is 236 cm³/mol. The Balaban J connectivity index is 1.70. The predicted octanol–water partition coefficient (Wildman–Crippen LogP) is 5.26. The Kier molecular flexibility index (Phi) is 17.5. The summed E-state index contributed by atoms with van der Waals surface area (Å²) in [7, 11) is -4.57. The molecule has 0 aliphatic carbocycles. The Morgan fingerprint density at radius 3 is 1.65 bits per heavy atom. The van der Waals surface area contributed by atoms with E-state index in [2.05, 4.69) is 26.3 Å². The highest BCUT2D eigenvalue weighted by atomic mass is 32.2. The third-order valence-electron chi connectivity index (χ3n) is 8.93. The van der Waals surface area contributed by atoms with E-state index in [9.17, 15) is 24.3 Å². The Morgan fingerprint density at radius 2 is 1.20 bits per heavy atom. The first-order valence-corrected chi connectivity index (χ1v) is 22.9. The summed E-state index contributed by atoms with van der Waals surface area (Å²) in [5.74, 6) is -4.71. The largest absolute Gasteiger partial charge is 0.457 e. The maximum absolute atomic E-state index is 15.4. The number of guanidine groups is 1. The van der Waals surface area contributed by atoms with Crippen molar-refractivity contribution < 1.29 is 37.9 Å². The maximum Gasteiger partial charge on any atom is 0.457 e. The minimum atomic E-state index is -4.57. The number of aliphatic imine (C=N–C) groups is 1. The topological polar surface area (TPSA) is 237 Å². The highest BCUT2D eigenvalue weighted by molar-refractivity contribution is 7.98. The van der Waals surface area contributed by atoms with Crippen molar-refractivity contribution in [1.29, 1.82) is 0 Å². The molecular formula is C42H52N7O8PS2. The summed E-state index contributed by atoms with van der Waals surface area (Å²) < 4.78 is 27.8. The fourth-order valence-corrected chi connectivity index (χ4v) is 8.60. The Bertz CT molecular complexity index is 2080. The van der Waals surface area contributed by atoms with Crippen molar-refractivity contribution in [3.63, 3.8) is 0 Å². The van der Waals surface area contributed by atoms with E-state index < -0.39 is 67.2 Å². The highest BCUT2D eigenvalue weighted by Crippen LogP contribution is 2.59. The standard InChI is InChI=1S/C42H52N7O8PS2/c1-25(2)36(47-38(52)35(45-27(4)51)24-28-10-8-7-9-11-28)39(53)48-37(26(3)50)40(54)49-41(29-12-14-30(15-13-29)46-42(43)44)58(55,56-31-16-20-33(59-5)21-17-31)57-32-18-22-34(60-6)23-19-32/h7-23,25-26,35-37,41,50H,24H2,1-6H3,(H,45,51)(H,47,52)(H,48,53)(H,49,54)(H4,43,44,46)/t26-,35+,36+,37+,41?/m1/s1. The van der Waals surface area contributed by atoms with Gasteiger partial charge in [-0.05, 0) is 97.1 Å². The van der Waals surface area contributed by atoms with Crippen LogP contribution in [0, 0.1) is 5.92 Å². The molecule has 4 amide bonds. The van der Waals surface area contributed by atoms with Crippen molar-refractivity contribution in [2.45, 2.75) is 73.9 Å². The Hall–Kier alpha value is -5.48. The molecule has 0 saturated carbocycles. The van der Waals surface area contributed by atoms with Crippen LogP contribution in [0.5, 0.6) is 11.5 Å². The quantitative estimate of drug-likeness (QED) is 0.0261. The van der Waals surface area contributed by atoms with Crippen LogP contribution in [0.15, 0.2) is 118 Å². The molecule has 18 heteroatoms. The molecule has 320 valence electrons. The zero-order chi connectivity index (χ0) is 44.0. The number of carbonyl (C=O) groups excluding carboxylic acids is 4. The third kappa shape index (κ3) is 13.8. The van der Waals surface area contributed by atoms with Crippen LogP contribution in [0.4, 0.5) is 5.69 Å². The molecule has 0 bridgehead atoms. The van der Waals surface area contributed by atoms with Crippen LogP contribution in [-0.4, -0.2) is 71.4 Å². The molecule has 0 fully saturated rings. The van der Waals surface area contributed by atoms with Gasteiger partial charge in [0, 0.05) is 23.1 Å². The van der Waals surface area contributed by atoms with E-state index in [0.29, 0.717) is 5.69 Å². The second kappa shape index (κ2) is 22.2. The lowest BCUT2D eigenvalue weighted by Crippen LogP contribution is -2.60. The number of aliphatic hydroxyl groups excluding tert-OH is 1. The van der Waals surface area contributed by atoms with Crippen molar-refractivity contribution in [1.82, 2.24) is 21.3 Å². The summed E-state index contributed by atoms with van der Waals surface area (Å²) >= 11 is 3.00. The van der Waals surface area contributed by atoms with Gasteiger partial charge in [-0.3, -0.25) is 19.2 Å². The van der Waals surface area contributed by atoms with E-state index in [-0.39, 0.29) is 29.4 Å². The van der Waals surface area contributed by atoms with Gasteiger partial charge in [0.15, 0.2) is 11.7 Å². The normalized spacial score (nSPS) is 13.7. The molecule has 0 spiro atoms. The number of nitrogens with one attached hydrogen (secondary N) is 4. The second-order valence-corrected chi connectivity index (χ2v) is 17.7. The number of nitrogens with zero attached hydrogens (tertiary/aromatic N) is 1. The minimum absolute atomic E-state index is 0.152. The lowest BCUT2D eigenvalue weighted by Gasteiger charge is -2.31. The number of thioether (sulfide) groups is 2. The molecule has 9 N–H and O–H groups in total. The summed E-state index contributed by atoms with van der Waals surface area (Å²) in [6, 6.07) is 24.9. The van der Waals surface area contributed by atoms with Crippen LogP contribution in [0.1, 0.15) is 44.6 Å². The fraction of sp³-hybridized carbons (Fsp3) is 0.310. The average molecular weight is 878 g/mol. The molecule has 15 nitrogen and oxygen atoms in total. The van der Waals surface area contributed by atoms with E-state index in [1.54, 1.807) is 74.5 Å². The lowest BCUT2D eigenvalue weighted by molar-refractivity contribution is -0.135. The van der Waals surface area contributed by atoms with E-state index in [4.69, 9.17) is 20.5 Å². The highest BCUT2D eigenvalue weighted by Gasteiger charge is 2.44. The van der Waals surface area contributed by atoms with E-state index in [0.717, 1.165) is 15.4 Å². The van der Waals surface area contributed by atoms with Gasteiger partial charge in [-0.15, -0.1) is 23.5 Å². The average Bonchev–Trinajstić information content (AvgIpc) is 3.21. The number of nitrogens with two attached hydrogens (primary N) is 2. The van der Waals surface area contributed by atoms with Crippen molar-refractivity contribution in [2.75, 3.05) is 12.5 Å². The van der Waals surface area contributed by atoms with E-state index >= 15 is 4.57 Å². The Morgan fingerprint density at radius 1 is 0.700 bits per heavy atom. The Labute approximate surface area is 358 Å². The molecule has 5 atom stereocenters. The van der Waals surface area contributed by atoms with Crippen LogP contribution >= 0.6 is 31.1 Å². The second-order valence-electron chi connectivity index (χ2n) is 14.0. The van der Waals surface area contributed by atoms with Crippen molar-refractivity contribution in [2.24, 2.45) is 22.4 Å². The van der Waals surface area contributed by atoms with Gasteiger partial charge < -0.3 is 46.9 Å². The summed E-state index contributed by atoms with van der Waals surface area (Å²) in [6.45, 7) is 5.97. The van der Waals surface area contributed by atoms with Crippen LogP contribution in [0.25, 0.3) is 0 Å². The summed E-state index contributed by atoms with van der Waals surface area (Å²) in [5.41, 5.74) is 12.6. The number of benzene rings is 4. The van der Waals surface area contributed by atoms with Crippen LogP contribution in [-0.2, 0) is 30.2 Å². The first kappa shape index (κ1) is 47.2. The van der Waals surface area contributed by atoms with Gasteiger partial charge in [0.1, 0.15) is 29.6 Å². The SMILES string of the molecule is CSc1ccc(OP(=O)(Oc2ccc(SC)cc2)C(NC(=O)[C@@H](NC(=O)[C@@H](NC(=O)[C@H](Cc2ccccc2)NC(C)=O)C(C)C)[C@@H](C)O)c2ccc(N=C(N)N)cc2)cc1. The maximum atomic E-state index is 15.4. The van der Waals surface area contributed by atoms with Gasteiger partial charge in [0.05, 0.1) is 11.8 Å². The number of aliphatic hydroxyl groups is 1. The number of rotatable bonds is 20. The molecular weight excluding hydrogens is 826 g/mol. The van der Waals surface area contributed by atoms with Crippen molar-refractivity contribution in [3.8, 4) is 11.5 Å². The van der Waals surface area contributed by atoms with Gasteiger partial charge in [0.25, 0.3) is 0 Å². The molecule has 1 unspecified atom stereocenters. The van der Waals surface area contributed by atoms with Gasteiger partial charge in [-0.1, -0.05) is 56.3 Å². The molecule has 0 radical (unpaired) electrons. The summed E-state index contributed by atoms with van der Waals surface area (Å²) in [4.78, 5) is 59.9. The molecule has 0 aliphatic heterocycles. The molecule has 0 aromatic heterocycles. The third-order valence-corrected chi connectivity index (χ3v) is 12.4. The number of hydrogen-bond donors (Lipinski definition) is 7. The number of carbonyl (C=O) groups is 4. The van der Waals surface area contributed by atoms with Crippen molar-refractivity contribution >= 4 is 66.4 Å². The van der Waals surface area contributed by atoms with Gasteiger partial charge in [0.2, 0.25) is 23.6 Å². The van der Waals surface area contributed by atoms with Gasteiger partial charge in [-0.2, -0.15) is 0 Å². The first-order valence-electron chi connectivity index (χ1n) is 18.9. The summed E-state index contributed by atoms with van der Waals surface area (Å²) in [5, 5.41) is 21.6. The fourth-order valence-electron chi connectivity index (χ4n) is 5.88. The van der Waals surface area contributed by atoms with Crippen LogP contribution in [0.3, 0.4) is 0 Å². The number of hydrogen-bond acceptors (Lipinski definition) is 11. The van der Waals surface area contributed by atoms with Crippen molar-refractivity contribution in [3.05, 3.63) is 114 Å².